The molecule has 9 aromatic rings. The van der Waals surface area contributed by atoms with Crippen molar-refractivity contribution in [3.63, 3.8) is 0 Å². The molecule has 0 N–H and O–H groups in total. The Hall–Kier alpha value is -5.61. The van der Waals surface area contributed by atoms with Crippen LogP contribution < -0.4 is 5.63 Å². The van der Waals surface area contributed by atoms with Crippen LogP contribution in [0.1, 0.15) is 0 Å². The molecule has 41 heavy (non-hydrogen) atoms. The standard InChI is InChI=1S/C37H22N2O2/c40-37-35-28(27-14-6-9-17-34(27)41-37)19-20-29-25-12-4-8-16-32(25)39(36(29)35)24-18-21-33-30(22-24)26-13-5-7-15-31(26)38(33)23-10-2-1-3-11-23/h1-22H. The van der Waals surface area contributed by atoms with Gasteiger partial charge in [0.25, 0.3) is 0 Å². The molecule has 0 atom stereocenters. The summed E-state index contributed by atoms with van der Waals surface area (Å²) in [5, 5.41) is 6.91. The molecule has 0 amide bonds. The van der Waals surface area contributed by atoms with Crippen molar-refractivity contribution < 1.29 is 4.42 Å². The SMILES string of the molecule is O=c1oc2ccccc2c2ccc3c4ccccc4n(-c4ccc5c(c4)c4ccccc4n5-c4ccccc4)c3c12. The molecule has 0 saturated carbocycles. The van der Waals surface area contributed by atoms with E-state index >= 15 is 0 Å². The van der Waals surface area contributed by atoms with Crippen LogP contribution in [-0.4, -0.2) is 9.13 Å². The lowest BCUT2D eigenvalue weighted by Crippen LogP contribution is -2.03. The normalized spacial score (nSPS) is 12.0. The van der Waals surface area contributed by atoms with Crippen LogP contribution in [0.4, 0.5) is 0 Å². The summed E-state index contributed by atoms with van der Waals surface area (Å²) in [4.78, 5) is 13.6. The zero-order valence-corrected chi connectivity index (χ0v) is 21.9. The van der Waals surface area contributed by atoms with Gasteiger partial charge in [-0.1, -0.05) is 84.9 Å². The molecule has 192 valence electrons. The first-order valence-electron chi connectivity index (χ1n) is 13.7. The Kier molecular flexibility index (Phi) is 4.44. The van der Waals surface area contributed by atoms with Crippen molar-refractivity contribution in [1.29, 1.82) is 0 Å². The van der Waals surface area contributed by atoms with Crippen LogP contribution in [0.25, 0.3) is 76.7 Å². The summed E-state index contributed by atoms with van der Waals surface area (Å²) in [6.07, 6.45) is 0. The maximum atomic E-state index is 13.6. The van der Waals surface area contributed by atoms with E-state index in [0.29, 0.717) is 11.0 Å². The summed E-state index contributed by atoms with van der Waals surface area (Å²) >= 11 is 0. The van der Waals surface area contributed by atoms with Crippen LogP contribution in [0.5, 0.6) is 0 Å². The van der Waals surface area contributed by atoms with E-state index in [9.17, 15) is 4.79 Å². The predicted molar refractivity (Wildman–Crippen MR) is 169 cm³/mol. The molecule has 0 aliphatic rings. The Bertz CT molecular complexity index is 2550. The third-order valence-corrected chi connectivity index (χ3v) is 8.35. The minimum Gasteiger partial charge on any atom is -0.422 e. The molecule has 0 aliphatic heterocycles. The Morgan fingerprint density at radius 3 is 1.85 bits per heavy atom. The monoisotopic (exact) mass is 526 g/mol. The van der Waals surface area contributed by atoms with E-state index in [0.717, 1.165) is 60.4 Å². The number of rotatable bonds is 2. The maximum Gasteiger partial charge on any atom is 0.346 e. The number of nitrogens with zero attached hydrogens (tertiary/aromatic N) is 2. The fourth-order valence-corrected chi connectivity index (χ4v) is 6.64. The Morgan fingerprint density at radius 1 is 0.439 bits per heavy atom. The summed E-state index contributed by atoms with van der Waals surface area (Å²) in [6.45, 7) is 0. The molecule has 0 spiro atoms. The number of hydrogen-bond acceptors (Lipinski definition) is 2. The van der Waals surface area contributed by atoms with Crippen LogP contribution in [0.3, 0.4) is 0 Å². The van der Waals surface area contributed by atoms with E-state index in [1.165, 1.54) is 5.39 Å². The molecule has 0 radical (unpaired) electrons. The molecular formula is C37H22N2O2. The Balaban J connectivity index is 1.45. The number of fused-ring (bicyclic) bond motifs is 10. The molecule has 0 fully saturated rings. The average Bonchev–Trinajstić information content (AvgIpc) is 3.54. The minimum atomic E-state index is -0.324. The van der Waals surface area contributed by atoms with E-state index in [1.807, 2.05) is 30.3 Å². The molecule has 4 heteroatoms. The number of hydrogen-bond donors (Lipinski definition) is 0. The van der Waals surface area contributed by atoms with Gasteiger partial charge < -0.3 is 13.6 Å². The quantitative estimate of drug-likeness (QED) is 0.166. The third kappa shape index (κ3) is 3.02. The molecule has 9 rings (SSSR count). The van der Waals surface area contributed by atoms with E-state index in [4.69, 9.17) is 4.42 Å². The van der Waals surface area contributed by atoms with E-state index in [2.05, 4.69) is 112 Å². The number of para-hydroxylation sites is 4. The topological polar surface area (TPSA) is 40.1 Å². The van der Waals surface area contributed by atoms with Gasteiger partial charge in [-0.05, 0) is 48.5 Å². The Morgan fingerprint density at radius 2 is 1.05 bits per heavy atom. The van der Waals surface area contributed by atoms with Gasteiger partial charge >= 0.3 is 5.63 Å². The molecule has 0 aliphatic carbocycles. The van der Waals surface area contributed by atoms with Gasteiger partial charge in [0.2, 0.25) is 0 Å². The van der Waals surface area contributed by atoms with Crippen LogP contribution in [0, 0.1) is 0 Å². The zero-order valence-electron chi connectivity index (χ0n) is 21.9. The molecule has 0 bridgehead atoms. The maximum absolute atomic E-state index is 13.6. The lowest BCUT2D eigenvalue weighted by atomic mass is 10.0. The van der Waals surface area contributed by atoms with Crippen molar-refractivity contribution >= 4 is 65.4 Å². The second-order valence-electron chi connectivity index (χ2n) is 10.5. The van der Waals surface area contributed by atoms with Gasteiger partial charge in [0, 0.05) is 43.7 Å². The van der Waals surface area contributed by atoms with Gasteiger partial charge in [-0.25, -0.2) is 4.79 Å². The van der Waals surface area contributed by atoms with Gasteiger partial charge in [-0.3, -0.25) is 0 Å². The van der Waals surface area contributed by atoms with Gasteiger partial charge in [-0.2, -0.15) is 0 Å². The minimum absolute atomic E-state index is 0.324. The highest BCUT2D eigenvalue weighted by Gasteiger charge is 2.20. The van der Waals surface area contributed by atoms with Crippen LogP contribution in [0.2, 0.25) is 0 Å². The average molecular weight is 527 g/mol. The van der Waals surface area contributed by atoms with Crippen molar-refractivity contribution in [2.75, 3.05) is 0 Å². The summed E-state index contributed by atoms with van der Waals surface area (Å²) < 4.78 is 10.4. The van der Waals surface area contributed by atoms with Crippen molar-refractivity contribution in [3.05, 3.63) is 144 Å². The van der Waals surface area contributed by atoms with E-state index in [1.54, 1.807) is 0 Å². The first-order chi connectivity index (χ1) is 20.3. The second-order valence-corrected chi connectivity index (χ2v) is 10.5. The molecule has 4 nitrogen and oxygen atoms in total. The van der Waals surface area contributed by atoms with E-state index in [-0.39, 0.29) is 5.63 Å². The van der Waals surface area contributed by atoms with Crippen LogP contribution >= 0.6 is 0 Å². The highest BCUT2D eigenvalue weighted by molar-refractivity contribution is 6.22. The first kappa shape index (κ1) is 22.2. The molecular weight excluding hydrogens is 504 g/mol. The van der Waals surface area contributed by atoms with Crippen LogP contribution in [-0.2, 0) is 0 Å². The second kappa shape index (κ2) is 8.20. The highest BCUT2D eigenvalue weighted by atomic mass is 16.4. The fourth-order valence-electron chi connectivity index (χ4n) is 6.64. The molecule has 3 aromatic heterocycles. The zero-order chi connectivity index (χ0) is 27.1. The summed E-state index contributed by atoms with van der Waals surface area (Å²) in [5.41, 5.74) is 6.61. The summed E-state index contributed by atoms with van der Waals surface area (Å²) in [6, 6.07) is 45.9. The van der Waals surface area contributed by atoms with Crippen LogP contribution in [0.15, 0.2) is 143 Å². The first-order valence-corrected chi connectivity index (χ1v) is 13.7. The van der Waals surface area contributed by atoms with Crippen molar-refractivity contribution in [2.45, 2.75) is 0 Å². The molecule has 6 aromatic carbocycles. The molecule has 0 saturated heterocycles. The van der Waals surface area contributed by atoms with Gasteiger partial charge in [0.15, 0.2) is 0 Å². The summed E-state index contributed by atoms with van der Waals surface area (Å²) in [7, 11) is 0. The lowest BCUT2D eigenvalue weighted by molar-refractivity contribution is 0.570. The lowest BCUT2D eigenvalue weighted by Gasteiger charge is -2.11. The van der Waals surface area contributed by atoms with E-state index < -0.39 is 0 Å². The summed E-state index contributed by atoms with van der Waals surface area (Å²) in [5.74, 6) is 0. The third-order valence-electron chi connectivity index (χ3n) is 8.35. The predicted octanol–water partition coefficient (Wildman–Crippen LogP) is 9.14. The number of aromatic nitrogens is 2. The fraction of sp³-hybridized carbons (Fsp3) is 0. The van der Waals surface area contributed by atoms with Gasteiger partial charge in [-0.15, -0.1) is 0 Å². The Labute approximate surface area is 233 Å². The largest absolute Gasteiger partial charge is 0.422 e. The van der Waals surface area contributed by atoms with Crippen molar-refractivity contribution in [3.8, 4) is 11.4 Å². The highest BCUT2D eigenvalue weighted by Crippen LogP contribution is 2.39. The smallest absolute Gasteiger partial charge is 0.346 e. The van der Waals surface area contributed by atoms with Crippen molar-refractivity contribution in [2.24, 2.45) is 0 Å². The molecule has 3 heterocycles. The van der Waals surface area contributed by atoms with Gasteiger partial charge in [0.1, 0.15) is 5.58 Å². The number of benzene rings is 6. The van der Waals surface area contributed by atoms with Gasteiger partial charge in [0.05, 0.1) is 27.5 Å². The molecule has 0 unspecified atom stereocenters. The van der Waals surface area contributed by atoms with Crippen molar-refractivity contribution in [1.82, 2.24) is 9.13 Å².